The van der Waals surface area contributed by atoms with Crippen LogP contribution in [-0.4, -0.2) is 43.7 Å². The number of likely N-dealkylation sites (tertiary alicyclic amines) is 1. The number of benzene rings is 2. The molecule has 2 aromatic carbocycles. The Morgan fingerprint density at radius 2 is 1.56 bits per heavy atom. The van der Waals surface area contributed by atoms with Crippen molar-refractivity contribution >= 4 is 17.6 Å². The zero-order chi connectivity index (χ0) is 22.6. The molecule has 1 aliphatic rings. The van der Waals surface area contributed by atoms with Gasteiger partial charge in [-0.15, -0.1) is 0 Å². The van der Waals surface area contributed by atoms with Crippen molar-refractivity contribution in [2.75, 3.05) is 26.7 Å². The molecule has 1 aliphatic heterocycles. The van der Waals surface area contributed by atoms with E-state index in [9.17, 15) is 4.79 Å². The second kappa shape index (κ2) is 13.6. The van der Waals surface area contributed by atoms with Crippen LogP contribution in [0.2, 0.25) is 5.02 Å². The third kappa shape index (κ3) is 8.23. The van der Waals surface area contributed by atoms with Crippen LogP contribution < -0.4 is 0 Å². The number of rotatable bonds is 12. The van der Waals surface area contributed by atoms with Gasteiger partial charge in [-0.05, 0) is 55.5 Å². The standard InChI is InChI=1S/C27H36ClNO3/c1-31-26(30)12-8-3-2-4-9-19-29-20-17-25(18-21-29)32-27(22-10-6-5-7-11-22)23-13-15-24(28)16-14-23/h5-7,10-11,13-16,25,27H,2-4,8-9,12,17-21H2,1H3. The summed E-state index contributed by atoms with van der Waals surface area (Å²) in [5, 5.41) is 0.748. The lowest BCUT2D eigenvalue weighted by atomic mass is 10.00. The van der Waals surface area contributed by atoms with Crippen LogP contribution in [0.15, 0.2) is 54.6 Å². The summed E-state index contributed by atoms with van der Waals surface area (Å²) in [7, 11) is 1.45. The third-order valence-electron chi connectivity index (χ3n) is 6.22. The summed E-state index contributed by atoms with van der Waals surface area (Å²) in [4.78, 5) is 13.7. The summed E-state index contributed by atoms with van der Waals surface area (Å²) in [6, 6.07) is 18.5. The van der Waals surface area contributed by atoms with Crippen molar-refractivity contribution in [1.82, 2.24) is 4.90 Å². The van der Waals surface area contributed by atoms with Gasteiger partial charge >= 0.3 is 5.97 Å². The van der Waals surface area contributed by atoms with Gasteiger partial charge in [0.25, 0.3) is 0 Å². The lowest BCUT2D eigenvalue weighted by molar-refractivity contribution is -0.140. The first-order valence-corrected chi connectivity index (χ1v) is 12.3. The molecule has 1 saturated heterocycles. The molecule has 32 heavy (non-hydrogen) atoms. The van der Waals surface area contributed by atoms with Crippen molar-refractivity contribution in [3.63, 3.8) is 0 Å². The van der Waals surface area contributed by atoms with Crippen molar-refractivity contribution in [2.24, 2.45) is 0 Å². The van der Waals surface area contributed by atoms with Crippen LogP contribution in [0.4, 0.5) is 0 Å². The maximum Gasteiger partial charge on any atom is 0.305 e. The average Bonchev–Trinajstić information content (AvgIpc) is 2.84. The van der Waals surface area contributed by atoms with Crippen molar-refractivity contribution in [3.05, 3.63) is 70.7 Å². The largest absolute Gasteiger partial charge is 0.469 e. The Balaban J connectivity index is 1.40. The number of methoxy groups -OCH3 is 1. The van der Waals surface area contributed by atoms with Gasteiger partial charge in [0.2, 0.25) is 0 Å². The van der Waals surface area contributed by atoms with Crippen LogP contribution in [-0.2, 0) is 14.3 Å². The molecule has 5 heteroatoms. The molecule has 3 rings (SSSR count). The van der Waals surface area contributed by atoms with Gasteiger partial charge in [0.1, 0.15) is 6.10 Å². The first kappa shape index (κ1) is 24.8. The SMILES string of the molecule is COC(=O)CCCCCCCN1CCC(OC(c2ccccc2)c2ccc(Cl)cc2)CC1. The molecule has 0 N–H and O–H groups in total. The van der Waals surface area contributed by atoms with E-state index in [0.717, 1.165) is 55.9 Å². The topological polar surface area (TPSA) is 38.8 Å². The van der Waals surface area contributed by atoms with Crippen LogP contribution in [0.1, 0.15) is 68.6 Å². The molecular weight excluding hydrogens is 422 g/mol. The van der Waals surface area contributed by atoms with Crippen molar-refractivity contribution in [2.45, 2.75) is 63.6 Å². The van der Waals surface area contributed by atoms with Gasteiger partial charge in [0, 0.05) is 24.5 Å². The predicted octanol–water partition coefficient (Wildman–Crippen LogP) is 6.42. The van der Waals surface area contributed by atoms with E-state index in [0.29, 0.717) is 6.42 Å². The predicted molar refractivity (Wildman–Crippen MR) is 130 cm³/mol. The molecular formula is C27H36ClNO3. The molecule has 1 heterocycles. The van der Waals surface area contributed by atoms with E-state index < -0.39 is 0 Å². The van der Waals surface area contributed by atoms with E-state index in [1.54, 1.807) is 0 Å². The fourth-order valence-electron chi connectivity index (χ4n) is 4.31. The average molecular weight is 458 g/mol. The van der Waals surface area contributed by atoms with Gasteiger partial charge in [-0.2, -0.15) is 0 Å². The number of hydrogen-bond acceptors (Lipinski definition) is 4. The van der Waals surface area contributed by atoms with Crippen molar-refractivity contribution in [1.29, 1.82) is 0 Å². The molecule has 0 bridgehead atoms. The first-order chi connectivity index (χ1) is 15.7. The molecule has 4 nitrogen and oxygen atoms in total. The lowest BCUT2D eigenvalue weighted by Gasteiger charge is -2.34. The quantitative estimate of drug-likeness (QED) is 0.272. The minimum Gasteiger partial charge on any atom is -0.469 e. The molecule has 1 fully saturated rings. The second-order valence-corrected chi connectivity index (χ2v) is 9.05. The monoisotopic (exact) mass is 457 g/mol. The number of esters is 1. The van der Waals surface area contributed by atoms with Gasteiger partial charge < -0.3 is 14.4 Å². The van der Waals surface area contributed by atoms with Crippen LogP contribution in [0.25, 0.3) is 0 Å². The maximum absolute atomic E-state index is 11.1. The minimum atomic E-state index is -0.0966. The molecule has 2 aromatic rings. The van der Waals surface area contributed by atoms with Crippen LogP contribution in [0.3, 0.4) is 0 Å². The molecule has 174 valence electrons. The van der Waals surface area contributed by atoms with E-state index >= 15 is 0 Å². The molecule has 0 radical (unpaired) electrons. The lowest BCUT2D eigenvalue weighted by Crippen LogP contribution is -2.38. The van der Waals surface area contributed by atoms with Gasteiger partial charge in [-0.1, -0.05) is 73.3 Å². The van der Waals surface area contributed by atoms with E-state index in [1.807, 2.05) is 18.2 Å². The highest BCUT2D eigenvalue weighted by atomic mass is 35.5. The fraction of sp³-hybridized carbons (Fsp3) is 0.519. The van der Waals surface area contributed by atoms with Crippen LogP contribution in [0.5, 0.6) is 0 Å². The molecule has 0 aliphatic carbocycles. The summed E-state index contributed by atoms with van der Waals surface area (Å²) < 4.78 is 11.3. The van der Waals surface area contributed by atoms with Gasteiger partial charge in [-0.25, -0.2) is 0 Å². The Morgan fingerprint density at radius 3 is 2.25 bits per heavy atom. The molecule has 0 spiro atoms. The fourth-order valence-corrected chi connectivity index (χ4v) is 4.44. The van der Waals surface area contributed by atoms with Gasteiger partial charge in [-0.3, -0.25) is 4.79 Å². The molecule has 0 amide bonds. The Hall–Kier alpha value is -1.88. The van der Waals surface area contributed by atoms with Gasteiger partial charge in [0.15, 0.2) is 0 Å². The number of ether oxygens (including phenoxy) is 2. The smallest absolute Gasteiger partial charge is 0.305 e. The summed E-state index contributed by atoms with van der Waals surface area (Å²) in [5.74, 6) is -0.0966. The Morgan fingerprint density at radius 1 is 0.938 bits per heavy atom. The number of hydrogen-bond donors (Lipinski definition) is 0. The Bertz CT molecular complexity index is 788. The third-order valence-corrected chi connectivity index (χ3v) is 6.47. The van der Waals surface area contributed by atoms with Crippen LogP contribution >= 0.6 is 11.6 Å². The highest BCUT2D eigenvalue weighted by Crippen LogP contribution is 2.30. The number of unbranched alkanes of at least 4 members (excludes halogenated alkanes) is 4. The minimum absolute atomic E-state index is 0.0602. The first-order valence-electron chi connectivity index (χ1n) is 11.9. The highest BCUT2D eigenvalue weighted by molar-refractivity contribution is 6.30. The van der Waals surface area contributed by atoms with E-state index in [1.165, 1.54) is 31.9 Å². The van der Waals surface area contributed by atoms with Crippen molar-refractivity contribution < 1.29 is 14.3 Å². The summed E-state index contributed by atoms with van der Waals surface area (Å²) in [6.07, 6.45) is 8.57. The highest BCUT2D eigenvalue weighted by Gasteiger charge is 2.24. The van der Waals surface area contributed by atoms with E-state index in [4.69, 9.17) is 16.3 Å². The Labute approximate surface area is 197 Å². The normalized spacial score (nSPS) is 16.1. The molecule has 0 saturated carbocycles. The van der Waals surface area contributed by atoms with E-state index in [-0.39, 0.29) is 18.2 Å². The van der Waals surface area contributed by atoms with E-state index in [2.05, 4.69) is 46.0 Å². The number of carbonyl (C=O) groups is 1. The zero-order valence-corrected chi connectivity index (χ0v) is 19.9. The van der Waals surface area contributed by atoms with Gasteiger partial charge in [0.05, 0.1) is 13.2 Å². The maximum atomic E-state index is 11.1. The Kier molecular flexibility index (Phi) is 10.5. The summed E-state index contributed by atoms with van der Waals surface area (Å²) in [6.45, 7) is 3.34. The molecule has 1 atom stereocenters. The molecule has 0 aromatic heterocycles. The number of nitrogens with zero attached hydrogens (tertiary/aromatic N) is 1. The van der Waals surface area contributed by atoms with Crippen LogP contribution in [0, 0.1) is 0 Å². The summed E-state index contributed by atoms with van der Waals surface area (Å²) in [5.41, 5.74) is 2.33. The zero-order valence-electron chi connectivity index (χ0n) is 19.2. The summed E-state index contributed by atoms with van der Waals surface area (Å²) >= 11 is 6.10. The number of halogens is 1. The van der Waals surface area contributed by atoms with Crippen molar-refractivity contribution in [3.8, 4) is 0 Å². The number of carbonyl (C=O) groups excluding carboxylic acids is 1. The number of piperidine rings is 1. The molecule has 1 unspecified atom stereocenters. The second-order valence-electron chi connectivity index (χ2n) is 8.61.